The van der Waals surface area contributed by atoms with Gasteiger partial charge in [-0.1, -0.05) is 43.4 Å². The Labute approximate surface area is 254 Å². The number of ether oxygens (including phenoxy) is 1. The highest BCUT2D eigenvalue weighted by Crippen LogP contribution is 2.40. The van der Waals surface area contributed by atoms with Crippen LogP contribution < -0.4 is 0 Å². The maximum atomic E-state index is 13.8. The first kappa shape index (κ1) is 30.7. The van der Waals surface area contributed by atoms with Crippen LogP contribution in [0.1, 0.15) is 40.6 Å². The molecule has 0 fully saturated rings. The fourth-order valence-electron chi connectivity index (χ4n) is 5.70. The van der Waals surface area contributed by atoms with Crippen molar-refractivity contribution in [3.05, 3.63) is 94.4 Å². The number of imidazole rings is 1. The Balaban J connectivity index is 1.68. The van der Waals surface area contributed by atoms with E-state index in [-0.39, 0.29) is 11.6 Å². The second-order valence-electron chi connectivity index (χ2n) is 12.7. The SMILES string of the molecule is Cc1ccc(S(=O)(=O)n2ccc3c(C(C)(O)c4nc5cc(C#N)ccc5n4COCC[Si](C)(C)C)c(C)cc(C)c32)cc1. The Morgan fingerprint density at radius 1 is 1.02 bits per heavy atom. The minimum absolute atomic E-state index is 0.176. The predicted octanol–water partition coefficient (Wildman–Crippen LogP) is 6.59. The summed E-state index contributed by atoms with van der Waals surface area (Å²) < 4.78 is 36.8. The zero-order chi connectivity index (χ0) is 31.3. The van der Waals surface area contributed by atoms with Gasteiger partial charge in [0.2, 0.25) is 0 Å². The van der Waals surface area contributed by atoms with Crippen molar-refractivity contribution in [3.8, 4) is 6.07 Å². The molecule has 0 aliphatic heterocycles. The summed E-state index contributed by atoms with van der Waals surface area (Å²) in [6.45, 7) is 15.0. The molecule has 0 bridgehead atoms. The number of rotatable bonds is 9. The summed E-state index contributed by atoms with van der Waals surface area (Å²) in [4.78, 5) is 5.03. The van der Waals surface area contributed by atoms with Crippen LogP contribution in [-0.4, -0.2) is 41.7 Å². The van der Waals surface area contributed by atoms with Crippen LogP contribution in [0.25, 0.3) is 21.9 Å². The van der Waals surface area contributed by atoms with Crippen LogP contribution in [0.5, 0.6) is 0 Å². The Kier molecular flexibility index (Phi) is 7.90. The van der Waals surface area contributed by atoms with Crippen LogP contribution in [0.3, 0.4) is 0 Å². The van der Waals surface area contributed by atoms with Crippen molar-refractivity contribution in [2.45, 2.75) is 70.6 Å². The van der Waals surface area contributed by atoms with Gasteiger partial charge in [-0.2, -0.15) is 5.26 Å². The molecule has 0 saturated carbocycles. The third-order valence-electron chi connectivity index (χ3n) is 7.92. The van der Waals surface area contributed by atoms with Gasteiger partial charge < -0.3 is 14.4 Å². The fourth-order valence-corrected chi connectivity index (χ4v) is 7.87. The third-order valence-corrected chi connectivity index (χ3v) is 11.3. The zero-order valence-electron chi connectivity index (χ0n) is 25.8. The molecule has 1 atom stereocenters. The van der Waals surface area contributed by atoms with E-state index in [9.17, 15) is 18.8 Å². The molecule has 5 rings (SSSR count). The number of hydrogen-bond donors (Lipinski definition) is 1. The maximum absolute atomic E-state index is 13.8. The van der Waals surface area contributed by atoms with Gasteiger partial charge in [-0.25, -0.2) is 17.4 Å². The predicted molar refractivity (Wildman–Crippen MR) is 172 cm³/mol. The molecule has 2 aromatic heterocycles. The molecule has 2 heterocycles. The summed E-state index contributed by atoms with van der Waals surface area (Å²) in [5.41, 5.74) is 3.75. The largest absolute Gasteiger partial charge is 0.377 e. The number of benzene rings is 3. The van der Waals surface area contributed by atoms with E-state index in [4.69, 9.17) is 9.72 Å². The summed E-state index contributed by atoms with van der Waals surface area (Å²) in [7, 11) is -5.22. The molecule has 0 aliphatic carbocycles. The Morgan fingerprint density at radius 3 is 2.37 bits per heavy atom. The quantitative estimate of drug-likeness (QED) is 0.148. The van der Waals surface area contributed by atoms with Crippen LogP contribution in [0, 0.1) is 32.1 Å². The lowest BCUT2D eigenvalue weighted by Gasteiger charge is -2.28. The second-order valence-corrected chi connectivity index (χ2v) is 20.1. The van der Waals surface area contributed by atoms with Crippen molar-refractivity contribution in [2.75, 3.05) is 6.61 Å². The lowest BCUT2D eigenvalue weighted by Crippen LogP contribution is -2.30. The molecule has 0 amide bonds. The van der Waals surface area contributed by atoms with Crippen molar-refractivity contribution >= 4 is 40.0 Å². The van der Waals surface area contributed by atoms with Gasteiger partial charge in [0, 0.05) is 31.8 Å². The first-order valence-corrected chi connectivity index (χ1v) is 19.4. The molecule has 8 nitrogen and oxygen atoms in total. The van der Waals surface area contributed by atoms with Crippen molar-refractivity contribution in [1.82, 2.24) is 13.5 Å². The Hall–Kier alpha value is -3.75. The average molecular weight is 615 g/mol. The molecule has 0 aliphatic rings. The van der Waals surface area contributed by atoms with Crippen LogP contribution in [0.15, 0.2) is 65.7 Å². The number of aliphatic hydroxyl groups is 1. The minimum Gasteiger partial charge on any atom is -0.377 e. The van der Waals surface area contributed by atoms with Gasteiger partial charge in [-0.3, -0.25) is 0 Å². The van der Waals surface area contributed by atoms with Gasteiger partial charge in [0.25, 0.3) is 10.0 Å². The van der Waals surface area contributed by atoms with Crippen molar-refractivity contribution < 1.29 is 18.3 Å². The van der Waals surface area contributed by atoms with Crippen molar-refractivity contribution in [1.29, 1.82) is 5.26 Å². The highest BCUT2D eigenvalue weighted by Gasteiger charge is 2.36. The molecule has 43 heavy (non-hydrogen) atoms. The number of fused-ring (bicyclic) bond motifs is 2. The maximum Gasteiger partial charge on any atom is 0.268 e. The van der Waals surface area contributed by atoms with E-state index in [2.05, 4.69) is 25.7 Å². The third kappa shape index (κ3) is 5.66. The first-order valence-electron chi connectivity index (χ1n) is 14.3. The molecule has 0 radical (unpaired) electrons. The topological polar surface area (TPSA) is 110 Å². The van der Waals surface area contributed by atoms with E-state index in [1.807, 2.05) is 37.5 Å². The average Bonchev–Trinajstić information content (AvgIpc) is 3.53. The highest BCUT2D eigenvalue weighted by molar-refractivity contribution is 7.90. The summed E-state index contributed by atoms with van der Waals surface area (Å²) in [6.07, 6.45) is 1.55. The van der Waals surface area contributed by atoms with E-state index in [0.29, 0.717) is 40.0 Å². The van der Waals surface area contributed by atoms with Crippen molar-refractivity contribution in [2.24, 2.45) is 0 Å². The normalized spacial score (nSPS) is 13.8. The van der Waals surface area contributed by atoms with Gasteiger partial charge in [-0.15, -0.1) is 0 Å². The number of nitrogens with zero attached hydrogens (tertiary/aromatic N) is 4. The molecule has 3 aromatic carbocycles. The lowest BCUT2D eigenvalue weighted by molar-refractivity contribution is 0.0568. The molecule has 0 spiro atoms. The second kappa shape index (κ2) is 11.1. The van der Waals surface area contributed by atoms with Crippen LogP contribution in [0.4, 0.5) is 0 Å². The van der Waals surface area contributed by atoms with E-state index in [1.54, 1.807) is 55.6 Å². The van der Waals surface area contributed by atoms with Crippen LogP contribution in [-0.2, 0) is 27.1 Å². The van der Waals surface area contributed by atoms with Gasteiger partial charge >= 0.3 is 0 Å². The number of nitriles is 1. The van der Waals surface area contributed by atoms with E-state index in [1.165, 1.54) is 3.97 Å². The Bertz CT molecular complexity index is 1990. The number of aromatic nitrogens is 3. The number of hydrogen-bond acceptors (Lipinski definition) is 6. The molecule has 1 N–H and O–H groups in total. The summed E-state index contributed by atoms with van der Waals surface area (Å²) >= 11 is 0. The summed E-state index contributed by atoms with van der Waals surface area (Å²) in [6, 6.07) is 18.8. The Morgan fingerprint density at radius 2 is 1.72 bits per heavy atom. The van der Waals surface area contributed by atoms with Crippen molar-refractivity contribution in [3.63, 3.8) is 0 Å². The van der Waals surface area contributed by atoms with Gasteiger partial charge in [0.15, 0.2) is 0 Å². The first-order chi connectivity index (χ1) is 20.1. The minimum atomic E-state index is -3.90. The van der Waals surface area contributed by atoms with Gasteiger partial charge in [0.05, 0.1) is 33.1 Å². The highest BCUT2D eigenvalue weighted by atomic mass is 32.2. The molecule has 5 aromatic rings. The summed E-state index contributed by atoms with van der Waals surface area (Å²) in [5.74, 6) is 0.355. The van der Waals surface area contributed by atoms with E-state index in [0.717, 1.165) is 28.3 Å². The lowest BCUT2D eigenvalue weighted by atomic mass is 9.87. The molecule has 224 valence electrons. The molecule has 10 heteroatoms. The van der Waals surface area contributed by atoms with Crippen LogP contribution >= 0.6 is 0 Å². The molecule has 1 unspecified atom stereocenters. The molecular weight excluding hydrogens is 577 g/mol. The zero-order valence-corrected chi connectivity index (χ0v) is 27.6. The monoisotopic (exact) mass is 614 g/mol. The fraction of sp³-hybridized carbons (Fsp3) is 0.333. The van der Waals surface area contributed by atoms with Crippen LogP contribution in [0.2, 0.25) is 25.7 Å². The molecular formula is C33H38N4O4SSi. The van der Waals surface area contributed by atoms with E-state index >= 15 is 0 Å². The summed E-state index contributed by atoms with van der Waals surface area (Å²) in [5, 5.41) is 22.5. The smallest absolute Gasteiger partial charge is 0.268 e. The van der Waals surface area contributed by atoms with E-state index < -0.39 is 23.7 Å². The van der Waals surface area contributed by atoms with Gasteiger partial charge in [-0.05, 0) is 81.3 Å². The number of aryl methyl sites for hydroxylation is 3. The molecule has 0 saturated heterocycles. The standard InChI is InChI=1S/C33H38N4O4SSi/c1-22-8-11-26(12-9-22)42(39,40)37-15-14-27-30(23(2)18-24(3)31(27)37)33(4,38)32-35-28-19-25(20-34)10-13-29(28)36(32)21-41-16-17-43(5,6)7/h8-15,18-19,38H,16-17,21H2,1-7H3. The van der Waals surface area contributed by atoms with Gasteiger partial charge in [0.1, 0.15) is 18.2 Å².